The van der Waals surface area contributed by atoms with Crippen LogP contribution in [0.1, 0.15) is 26.5 Å². The molecule has 0 aliphatic carbocycles. The maximum atomic E-state index is 12.6. The van der Waals surface area contributed by atoms with Crippen LogP contribution in [-0.4, -0.2) is 152 Å². The van der Waals surface area contributed by atoms with E-state index in [1.165, 1.54) is 13.8 Å². The number of nitrogens with two attached hydrogens (primary N) is 1. The number of aldehydes is 1. The van der Waals surface area contributed by atoms with Gasteiger partial charge in [0.1, 0.15) is 49.2 Å². The van der Waals surface area contributed by atoms with E-state index in [2.05, 4.69) is 34.4 Å². The molecule has 0 saturated carbocycles. The molecule has 2 unspecified atom stereocenters. The van der Waals surface area contributed by atoms with Gasteiger partial charge in [0.2, 0.25) is 16.9 Å². The highest BCUT2D eigenvalue weighted by Gasteiger charge is 2.50. The number of hydrogen-bond acceptors (Lipinski definition) is 21. The second kappa shape index (κ2) is 21.8. The number of aliphatic hydroxyl groups excluding tert-OH is 4. The number of phosphoric acid groups is 3. The molecule has 0 bridgehead atoms. The number of rotatable bonds is 21. The number of thioether (sulfide) groups is 1. The molecule has 3 heterocycles. The monoisotopic (exact) mass is 885 g/mol. The second-order valence-corrected chi connectivity index (χ2v) is 17.2. The van der Waals surface area contributed by atoms with Crippen molar-refractivity contribution in [1.29, 1.82) is 0 Å². The minimum Gasteiger partial charge on any atom is -0.389 e. The van der Waals surface area contributed by atoms with E-state index in [1.54, 1.807) is 0 Å². The average molecular weight is 886 g/mol. The second-order valence-electron chi connectivity index (χ2n) is 11.8. The molecule has 0 spiro atoms. The van der Waals surface area contributed by atoms with Gasteiger partial charge in [-0.15, -0.1) is 0 Å². The summed E-state index contributed by atoms with van der Waals surface area (Å²) in [5, 5.41) is 41.8. The van der Waals surface area contributed by atoms with Gasteiger partial charge in [-0.2, -0.15) is 4.31 Å². The lowest BCUT2D eigenvalue weighted by molar-refractivity contribution is -0.137. The minimum atomic E-state index is -5.57. The van der Waals surface area contributed by atoms with Gasteiger partial charge in [0.15, 0.2) is 17.7 Å². The molecule has 3 rings (SSSR count). The van der Waals surface area contributed by atoms with Crippen LogP contribution in [0.25, 0.3) is 11.2 Å². The van der Waals surface area contributed by atoms with Crippen LogP contribution in [0.2, 0.25) is 0 Å². The summed E-state index contributed by atoms with van der Waals surface area (Å²) in [5.41, 5.74) is 4.23. The molecule has 1 aliphatic heterocycles. The number of ether oxygens (including phenoxy) is 1. The van der Waals surface area contributed by atoms with Crippen molar-refractivity contribution >= 4 is 75.4 Å². The molecule has 318 valence electrons. The molecule has 1 aliphatic rings. The fraction of sp³-hybridized carbons (Fsp3) is 0.640. The molecule has 2 amide bonds. The third-order valence-corrected chi connectivity index (χ3v) is 10.9. The SMILES string of the molecule is CC(C)(COP(=O)(O)OP(=O)(O)OC[C@H]1O[C@@H](n2cnc3c(N)ncnc32)[C@H](O)[C@@H]1OP(=O)(O)O)[C@@H](O)C(=O)NCCC(=O)NCCSC(=O)CO.O=CCO. The summed E-state index contributed by atoms with van der Waals surface area (Å²) < 4.78 is 61.8. The summed E-state index contributed by atoms with van der Waals surface area (Å²) >= 11 is 0.820. The molecule has 7 atom stereocenters. The van der Waals surface area contributed by atoms with Crippen molar-refractivity contribution in [1.82, 2.24) is 30.2 Å². The summed E-state index contributed by atoms with van der Waals surface area (Å²) in [6.45, 7) is -0.682. The van der Waals surface area contributed by atoms with E-state index < -0.39 is 96.3 Å². The van der Waals surface area contributed by atoms with Gasteiger partial charge >= 0.3 is 23.5 Å². The Morgan fingerprint density at radius 1 is 1.07 bits per heavy atom. The van der Waals surface area contributed by atoms with Crippen LogP contribution in [-0.2, 0) is 55.5 Å². The number of carbonyl (C=O) groups is 4. The maximum absolute atomic E-state index is 12.6. The minimum absolute atomic E-state index is 0.0254. The first-order valence-electron chi connectivity index (χ1n) is 15.7. The zero-order valence-corrected chi connectivity index (χ0v) is 32.9. The summed E-state index contributed by atoms with van der Waals surface area (Å²) in [7, 11) is -16.4. The zero-order chi connectivity index (χ0) is 42.5. The Morgan fingerprint density at radius 3 is 2.32 bits per heavy atom. The van der Waals surface area contributed by atoms with E-state index in [1.807, 2.05) is 0 Å². The summed E-state index contributed by atoms with van der Waals surface area (Å²) in [6, 6.07) is 0. The molecular formula is C25H42N7O20P3S. The van der Waals surface area contributed by atoms with E-state index in [0.29, 0.717) is 6.29 Å². The number of anilines is 1. The number of amides is 2. The number of nitrogens with one attached hydrogen (secondary N) is 2. The molecule has 56 heavy (non-hydrogen) atoms. The molecule has 12 N–H and O–H groups in total. The number of aliphatic hydroxyl groups is 4. The van der Waals surface area contributed by atoms with E-state index >= 15 is 0 Å². The lowest BCUT2D eigenvalue weighted by atomic mass is 9.87. The van der Waals surface area contributed by atoms with Crippen LogP contribution in [0.4, 0.5) is 5.82 Å². The highest BCUT2D eigenvalue weighted by Crippen LogP contribution is 2.61. The average Bonchev–Trinajstić information content (AvgIpc) is 3.68. The molecule has 2 aromatic rings. The third kappa shape index (κ3) is 15.8. The van der Waals surface area contributed by atoms with E-state index in [-0.39, 0.29) is 48.9 Å². The topological polar surface area (TPSA) is 421 Å². The van der Waals surface area contributed by atoms with Crippen LogP contribution in [0, 0.1) is 5.41 Å². The molecule has 2 aromatic heterocycles. The number of imidazole rings is 1. The Balaban J connectivity index is 0.00000258. The highest BCUT2D eigenvalue weighted by atomic mass is 32.2. The van der Waals surface area contributed by atoms with Crippen molar-refractivity contribution in [3.8, 4) is 0 Å². The highest BCUT2D eigenvalue weighted by molar-refractivity contribution is 8.13. The number of hydrogen-bond donors (Lipinski definition) is 11. The van der Waals surface area contributed by atoms with Gasteiger partial charge < -0.3 is 65.9 Å². The van der Waals surface area contributed by atoms with Gasteiger partial charge in [-0.3, -0.25) is 32.5 Å². The van der Waals surface area contributed by atoms with Crippen molar-refractivity contribution in [2.24, 2.45) is 5.41 Å². The fourth-order valence-corrected chi connectivity index (χ4v) is 7.69. The van der Waals surface area contributed by atoms with Crippen LogP contribution in [0.5, 0.6) is 0 Å². The Kier molecular flexibility index (Phi) is 19.2. The summed E-state index contributed by atoms with van der Waals surface area (Å²) in [6.07, 6.45) is -6.56. The maximum Gasteiger partial charge on any atom is 0.481 e. The first-order valence-corrected chi connectivity index (χ1v) is 21.2. The van der Waals surface area contributed by atoms with E-state index in [4.69, 9.17) is 34.5 Å². The Morgan fingerprint density at radius 2 is 1.71 bits per heavy atom. The van der Waals surface area contributed by atoms with Crippen molar-refractivity contribution in [2.75, 3.05) is 51.0 Å². The lowest BCUT2D eigenvalue weighted by Crippen LogP contribution is -2.46. The number of aromatic nitrogens is 4. The standard InChI is InChI=1S/C23H38N7O18P3S.C2H4O2/c1-23(2,18(35)21(36)26-4-3-13(32)25-5-6-52-14(33)7-31)9-45-51(42,43)48-50(40,41)44-8-12-17(47-49(37,38)39)16(34)22(46-12)30-11-29-15-19(24)27-10-28-20(15)30;3-1-2-4/h10-12,16-18,22,31,34-35H,3-9H2,1-2H3,(H,25,32)(H,26,36)(H,40,41)(H,42,43)(H2,24,27,28)(H2,37,38,39);1,4H,2H2/t12-,16-,17-,18+,22-;/m1./s1. The predicted molar refractivity (Wildman–Crippen MR) is 187 cm³/mol. The van der Waals surface area contributed by atoms with E-state index in [0.717, 1.165) is 29.0 Å². The van der Waals surface area contributed by atoms with Gasteiger partial charge in [0.05, 0.1) is 26.1 Å². The van der Waals surface area contributed by atoms with Gasteiger partial charge in [-0.1, -0.05) is 25.6 Å². The molecule has 27 nitrogen and oxygen atoms in total. The van der Waals surface area contributed by atoms with Gasteiger partial charge in [-0.25, -0.2) is 28.6 Å². The molecular weight excluding hydrogens is 843 g/mol. The van der Waals surface area contributed by atoms with Crippen molar-refractivity contribution in [3.05, 3.63) is 12.7 Å². The van der Waals surface area contributed by atoms with Gasteiger partial charge in [0, 0.05) is 30.7 Å². The first-order chi connectivity index (χ1) is 26.0. The summed E-state index contributed by atoms with van der Waals surface area (Å²) in [4.78, 5) is 95.0. The molecule has 1 saturated heterocycles. The van der Waals surface area contributed by atoms with Crippen LogP contribution < -0.4 is 16.4 Å². The Bertz CT molecular complexity index is 1800. The lowest BCUT2D eigenvalue weighted by Gasteiger charge is -2.30. The normalized spacial score (nSPS) is 21.2. The first kappa shape index (κ1) is 49.3. The Hall–Kier alpha value is -2.85. The zero-order valence-electron chi connectivity index (χ0n) is 29.4. The largest absolute Gasteiger partial charge is 0.481 e. The molecule has 31 heteroatoms. The quantitative estimate of drug-likeness (QED) is 0.0335. The summed E-state index contributed by atoms with van der Waals surface area (Å²) in [5.74, 6) is -1.32. The van der Waals surface area contributed by atoms with Crippen molar-refractivity contribution in [3.63, 3.8) is 0 Å². The fourth-order valence-electron chi connectivity index (χ4n) is 4.34. The van der Waals surface area contributed by atoms with Crippen molar-refractivity contribution in [2.45, 2.75) is 50.9 Å². The van der Waals surface area contributed by atoms with E-state index in [9.17, 15) is 57.9 Å². The van der Waals surface area contributed by atoms with Crippen LogP contribution in [0.15, 0.2) is 12.7 Å². The third-order valence-electron chi connectivity index (χ3n) is 6.97. The Labute approximate surface area is 320 Å². The van der Waals surface area contributed by atoms with Gasteiger partial charge in [0.25, 0.3) is 0 Å². The smallest absolute Gasteiger partial charge is 0.389 e. The number of fused-ring (bicyclic) bond motifs is 1. The molecule has 0 aromatic carbocycles. The van der Waals surface area contributed by atoms with Gasteiger partial charge in [-0.05, 0) is 0 Å². The number of carbonyl (C=O) groups excluding carboxylic acids is 4. The number of phosphoric ester groups is 3. The van der Waals surface area contributed by atoms with Crippen LogP contribution in [0.3, 0.4) is 0 Å². The van der Waals surface area contributed by atoms with Crippen molar-refractivity contribution < 1.29 is 95.5 Å². The predicted octanol–water partition coefficient (Wildman–Crippen LogP) is -3.17. The van der Waals surface area contributed by atoms with Crippen LogP contribution >= 0.6 is 35.2 Å². The molecule has 1 fully saturated rings. The molecule has 0 radical (unpaired) electrons. The number of nitrogen functional groups attached to an aromatic ring is 1. The number of nitrogens with zero attached hydrogens (tertiary/aromatic N) is 4.